The van der Waals surface area contributed by atoms with Crippen molar-refractivity contribution in [1.82, 2.24) is 14.3 Å². The van der Waals surface area contributed by atoms with Gasteiger partial charge in [-0.3, -0.25) is 4.79 Å². The fourth-order valence-electron chi connectivity index (χ4n) is 4.62. The first-order valence-corrected chi connectivity index (χ1v) is 13.7. The summed E-state index contributed by atoms with van der Waals surface area (Å²) in [6.07, 6.45) is 2.11. The molecule has 1 amide bonds. The summed E-state index contributed by atoms with van der Waals surface area (Å²) in [6, 6.07) is 31.9. The molecule has 1 aliphatic rings. The Bertz CT molecular complexity index is 1700. The minimum absolute atomic E-state index is 0. The molecule has 1 saturated carbocycles. The van der Waals surface area contributed by atoms with Crippen LogP contribution >= 0.6 is 0 Å². The summed E-state index contributed by atoms with van der Waals surface area (Å²) >= 11 is 0. The number of carbonyl (C=O) groups is 1. The summed E-state index contributed by atoms with van der Waals surface area (Å²) in [7, 11) is -3.99. The molecule has 1 aliphatic carbocycles. The summed E-state index contributed by atoms with van der Waals surface area (Å²) < 4.78 is 29.9. The van der Waals surface area contributed by atoms with Gasteiger partial charge in [-0.1, -0.05) is 78.9 Å². The Morgan fingerprint density at radius 1 is 0.816 bits per heavy atom. The predicted molar refractivity (Wildman–Crippen MR) is 151 cm³/mol. The number of rotatable bonds is 7. The van der Waals surface area contributed by atoms with Crippen LogP contribution in [0.2, 0.25) is 0 Å². The van der Waals surface area contributed by atoms with E-state index in [4.69, 9.17) is 4.98 Å². The van der Waals surface area contributed by atoms with Crippen LogP contribution in [0.25, 0.3) is 22.2 Å². The van der Waals surface area contributed by atoms with Gasteiger partial charge in [-0.05, 0) is 53.8 Å². The van der Waals surface area contributed by atoms with E-state index in [1.165, 1.54) is 17.7 Å². The summed E-state index contributed by atoms with van der Waals surface area (Å²) in [5.74, 6) is 0.599. The van der Waals surface area contributed by atoms with Crippen LogP contribution in [-0.2, 0) is 16.6 Å². The van der Waals surface area contributed by atoms with Crippen molar-refractivity contribution in [3.63, 3.8) is 0 Å². The summed E-state index contributed by atoms with van der Waals surface area (Å²) in [6.45, 7) is 0.616. The van der Waals surface area contributed by atoms with Gasteiger partial charge < -0.3 is 4.57 Å². The zero-order chi connectivity index (χ0) is 25.4. The van der Waals surface area contributed by atoms with Crippen molar-refractivity contribution in [1.29, 1.82) is 0 Å². The number of hydrogen-bond donors (Lipinski definition) is 1. The van der Waals surface area contributed by atoms with Crippen LogP contribution in [0, 0.1) is 0 Å². The first-order valence-electron chi connectivity index (χ1n) is 12.3. The molecule has 8 heteroatoms. The van der Waals surface area contributed by atoms with Crippen LogP contribution in [0.5, 0.6) is 0 Å². The van der Waals surface area contributed by atoms with E-state index in [1.54, 1.807) is 30.3 Å². The number of nitrogens with one attached hydrogen (secondary N) is 1. The molecule has 186 valence electrons. The number of fused-ring (bicyclic) bond motifs is 1. The van der Waals surface area contributed by atoms with Crippen LogP contribution < -0.4 is 4.72 Å². The van der Waals surface area contributed by atoms with Gasteiger partial charge in [0.25, 0.3) is 15.9 Å². The number of amides is 1. The molecule has 0 atom stereocenters. The number of carbonyl (C=O) groups excluding carboxylic acids is 1. The third-order valence-corrected chi connectivity index (χ3v) is 8.02. The molecule has 38 heavy (non-hydrogen) atoms. The van der Waals surface area contributed by atoms with Crippen molar-refractivity contribution in [2.24, 2.45) is 0 Å². The van der Waals surface area contributed by atoms with Gasteiger partial charge in [0.05, 0.1) is 16.0 Å². The van der Waals surface area contributed by atoms with Crippen molar-refractivity contribution < 1.29 is 13.2 Å². The molecule has 6 rings (SSSR count). The van der Waals surface area contributed by atoms with Gasteiger partial charge in [-0.2, -0.15) is 0 Å². The van der Waals surface area contributed by atoms with Crippen LogP contribution in [0.15, 0.2) is 108 Å². The molecule has 0 saturated heterocycles. The molecule has 0 unspecified atom stereocenters. The van der Waals surface area contributed by atoms with Crippen LogP contribution in [-0.4, -0.2) is 75.3 Å². The van der Waals surface area contributed by atoms with Gasteiger partial charge in [0.15, 0.2) is 0 Å². The van der Waals surface area contributed by atoms with E-state index in [1.807, 2.05) is 24.3 Å². The van der Waals surface area contributed by atoms with E-state index in [0.717, 1.165) is 35.3 Å². The van der Waals surface area contributed by atoms with Crippen LogP contribution in [0.1, 0.15) is 40.5 Å². The summed E-state index contributed by atoms with van der Waals surface area (Å²) in [5, 5.41) is 0. The van der Waals surface area contributed by atoms with Crippen molar-refractivity contribution >= 4 is 78.3 Å². The Balaban J connectivity index is 0.00000294. The van der Waals surface area contributed by atoms with Gasteiger partial charge in [0, 0.05) is 12.5 Å². The fourth-order valence-corrected chi connectivity index (χ4v) is 5.61. The quantitative estimate of drug-likeness (QED) is 0.288. The Hall–Kier alpha value is -2.59. The molecule has 1 N–H and O–H groups in total. The van der Waals surface area contributed by atoms with Crippen LogP contribution in [0.4, 0.5) is 0 Å². The van der Waals surface area contributed by atoms with E-state index in [0.29, 0.717) is 18.0 Å². The molecular formula is C30H26KN3O3S. The molecule has 1 heterocycles. The monoisotopic (exact) mass is 547 g/mol. The number of hydrogen-bond acceptors (Lipinski definition) is 4. The third-order valence-electron chi connectivity index (χ3n) is 6.68. The average Bonchev–Trinajstić information content (AvgIpc) is 3.71. The standard InChI is InChI=1S/C30H25N3O3S.K.H/c34-30(32-37(35,36)25-10-5-2-6-11-25)26-12-7-13-27-28(26)31-29(24-18-19-24)33(27)20-21-14-16-23(17-15-21)22-8-3-1-4-9-22;;/h1-17,24H,18-20H2,(H,32,34);;. The predicted octanol–water partition coefficient (Wildman–Crippen LogP) is 5.10. The van der Waals surface area contributed by atoms with Crippen molar-refractivity contribution in [3.05, 3.63) is 120 Å². The zero-order valence-corrected chi connectivity index (χ0v) is 20.9. The van der Waals surface area contributed by atoms with E-state index >= 15 is 0 Å². The summed E-state index contributed by atoms with van der Waals surface area (Å²) in [4.78, 5) is 18.1. The molecule has 0 spiro atoms. The second-order valence-electron chi connectivity index (χ2n) is 9.31. The van der Waals surface area contributed by atoms with Crippen molar-refractivity contribution in [2.45, 2.75) is 30.2 Å². The second-order valence-corrected chi connectivity index (χ2v) is 11.0. The second kappa shape index (κ2) is 11.3. The van der Waals surface area contributed by atoms with E-state index < -0.39 is 15.9 Å². The fraction of sp³-hybridized carbons (Fsp3) is 0.133. The van der Waals surface area contributed by atoms with E-state index in [9.17, 15) is 13.2 Å². The first kappa shape index (κ1) is 27.0. The Morgan fingerprint density at radius 3 is 2.11 bits per heavy atom. The number of imidazole rings is 1. The van der Waals surface area contributed by atoms with Gasteiger partial charge in [0.1, 0.15) is 11.3 Å². The third kappa shape index (κ3) is 5.56. The normalized spacial score (nSPS) is 13.2. The molecule has 1 aromatic heterocycles. The molecule has 0 radical (unpaired) electrons. The Kier molecular flexibility index (Phi) is 8.00. The van der Waals surface area contributed by atoms with E-state index in [2.05, 4.69) is 45.7 Å². The minimum atomic E-state index is -3.99. The molecule has 1 fully saturated rings. The van der Waals surface area contributed by atoms with Gasteiger partial charge >= 0.3 is 51.4 Å². The molecule has 6 nitrogen and oxygen atoms in total. The van der Waals surface area contributed by atoms with Gasteiger partial charge in [-0.15, -0.1) is 0 Å². The number of sulfonamides is 1. The van der Waals surface area contributed by atoms with E-state index in [-0.39, 0.29) is 61.8 Å². The number of para-hydroxylation sites is 1. The molecular weight excluding hydrogens is 522 g/mol. The molecule has 0 bridgehead atoms. The van der Waals surface area contributed by atoms with Gasteiger partial charge in [-0.25, -0.2) is 18.1 Å². The van der Waals surface area contributed by atoms with Crippen molar-refractivity contribution in [2.75, 3.05) is 0 Å². The summed E-state index contributed by atoms with van der Waals surface area (Å²) in [5.41, 5.74) is 5.03. The van der Waals surface area contributed by atoms with Crippen LogP contribution in [0.3, 0.4) is 0 Å². The molecule has 4 aromatic carbocycles. The number of benzene rings is 4. The molecule has 5 aromatic rings. The number of nitrogens with zero attached hydrogens (tertiary/aromatic N) is 2. The topological polar surface area (TPSA) is 81.1 Å². The Morgan fingerprint density at radius 2 is 1.45 bits per heavy atom. The Labute approximate surface area is 264 Å². The SMILES string of the molecule is O=C(NS(=O)(=O)c1ccccc1)c1cccc2c1nc(C1CC1)n2Cc1ccc(-c2ccccc2)cc1.[KH]. The molecule has 0 aliphatic heterocycles. The maximum absolute atomic E-state index is 13.1. The first-order chi connectivity index (χ1) is 18.0. The van der Waals surface area contributed by atoms with Crippen molar-refractivity contribution in [3.8, 4) is 11.1 Å². The number of aromatic nitrogens is 2. The zero-order valence-electron chi connectivity index (χ0n) is 20.0. The van der Waals surface area contributed by atoms with Gasteiger partial charge in [0.2, 0.25) is 0 Å². The average molecular weight is 548 g/mol. The maximum atomic E-state index is 13.1.